The molecule has 7 nitrogen and oxygen atoms in total. The van der Waals surface area contributed by atoms with Crippen LogP contribution >= 0.6 is 0 Å². The summed E-state index contributed by atoms with van der Waals surface area (Å²) in [5.74, 6) is 0.772. The number of amides is 1. The van der Waals surface area contributed by atoms with E-state index in [2.05, 4.69) is 10.3 Å². The van der Waals surface area contributed by atoms with Crippen LogP contribution in [0.4, 0.5) is 5.69 Å². The van der Waals surface area contributed by atoms with Gasteiger partial charge in [-0.1, -0.05) is 12.1 Å². The summed E-state index contributed by atoms with van der Waals surface area (Å²) in [7, 11) is 0. The fourth-order valence-electron chi connectivity index (χ4n) is 2.91. The van der Waals surface area contributed by atoms with E-state index in [1.807, 2.05) is 18.2 Å². The second kappa shape index (κ2) is 7.56. The molecule has 2 heterocycles. The van der Waals surface area contributed by atoms with Crippen LogP contribution in [0.2, 0.25) is 0 Å². The number of nitrogens with one attached hydrogen (secondary N) is 1. The molecule has 1 amide bonds. The highest BCUT2D eigenvalue weighted by atomic mass is 16.6. The Hall–Kier alpha value is -3.61. The van der Waals surface area contributed by atoms with Crippen molar-refractivity contribution in [2.24, 2.45) is 4.99 Å². The lowest BCUT2D eigenvalue weighted by atomic mass is 10.1. The lowest BCUT2D eigenvalue weighted by Gasteiger charge is -2.09. The van der Waals surface area contributed by atoms with Crippen molar-refractivity contribution in [3.05, 3.63) is 59.3 Å². The number of para-hydroxylation sites is 1. The van der Waals surface area contributed by atoms with E-state index in [-0.39, 0.29) is 17.5 Å². The summed E-state index contributed by atoms with van der Waals surface area (Å²) in [6, 6.07) is 12.4. The highest BCUT2D eigenvalue weighted by molar-refractivity contribution is 6.13. The lowest BCUT2D eigenvalue weighted by Crippen LogP contribution is -2.07. The highest BCUT2D eigenvalue weighted by Crippen LogP contribution is 2.35. The molecule has 0 unspecified atom stereocenters. The molecule has 1 N–H and O–H groups in total. The van der Waals surface area contributed by atoms with Gasteiger partial charge in [-0.15, -0.1) is 0 Å². The third-order valence-corrected chi connectivity index (χ3v) is 4.17. The molecule has 0 fully saturated rings. The minimum Gasteiger partial charge on any atom is -0.490 e. The monoisotopic (exact) mass is 378 g/mol. The molecule has 142 valence electrons. The van der Waals surface area contributed by atoms with Gasteiger partial charge in [-0.2, -0.15) is 0 Å². The van der Waals surface area contributed by atoms with Gasteiger partial charge in [0, 0.05) is 30.2 Å². The minimum absolute atomic E-state index is 0.157. The number of hydrogen-bond acceptors (Lipinski definition) is 6. The highest BCUT2D eigenvalue weighted by Gasteiger charge is 2.25. The molecule has 0 saturated carbocycles. The van der Waals surface area contributed by atoms with Crippen LogP contribution in [-0.2, 0) is 14.3 Å². The van der Waals surface area contributed by atoms with Gasteiger partial charge in [-0.3, -0.25) is 4.79 Å². The molecular formula is C21H18N2O5. The molecule has 0 saturated heterocycles. The van der Waals surface area contributed by atoms with E-state index in [0.717, 1.165) is 6.42 Å². The first-order valence-corrected chi connectivity index (χ1v) is 8.89. The van der Waals surface area contributed by atoms with E-state index in [9.17, 15) is 9.59 Å². The first-order chi connectivity index (χ1) is 13.6. The Kier molecular flexibility index (Phi) is 4.80. The molecule has 2 aliphatic rings. The first kappa shape index (κ1) is 17.8. The van der Waals surface area contributed by atoms with E-state index in [1.165, 1.54) is 6.92 Å². The number of rotatable bonds is 3. The predicted molar refractivity (Wildman–Crippen MR) is 103 cm³/mol. The standard InChI is InChI=1S/C21H18N2O5/c1-13(24)22-16-8-6-14(7-9-16)20-23-17(21(25)28-20)12-15-4-2-5-18-19(15)27-11-3-10-26-18/h2,4-9,12H,3,10-11H2,1H3,(H,22,24). The SMILES string of the molecule is CC(=O)Nc1ccc(C2=NC(=Cc3cccc4c3OCCCO4)C(=O)O2)cc1. The van der Waals surface area contributed by atoms with Gasteiger partial charge < -0.3 is 19.5 Å². The molecule has 2 aliphatic heterocycles. The number of cyclic esters (lactones) is 1. The van der Waals surface area contributed by atoms with Gasteiger partial charge in [0.05, 0.1) is 13.2 Å². The third-order valence-electron chi connectivity index (χ3n) is 4.17. The van der Waals surface area contributed by atoms with Gasteiger partial charge >= 0.3 is 5.97 Å². The smallest absolute Gasteiger partial charge is 0.363 e. The topological polar surface area (TPSA) is 86.2 Å². The zero-order valence-electron chi connectivity index (χ0n) is 15.2. The second-order valence-electron chi connectivity index (χ2n) is 6.32. The molecule has 0 radical (unpaired) electrons. The number of nitrogens with zero attached hydrogens (tertiary/aromatic N) is 1. The second-order valence-corrected chi connectivity index (χ2v) is 6.32. The molecule has 2 aromatic rings. The van der Waals surface area contributed by atoms with Crippen molar-refractivity contribution in [2.75, 3.05) is 18.5 Å². The summed E-state index contributed by atoms with van der Waals surface area (Å²) < 4.78 is 16.8. The van der Waals surface area contributed by atoms with Crippen molar-refractivity contribution in [2.45, 2.75) is 13.3 Å². The Morgan fingerprint density at radius 2 is 1.89 bits per heavy atom. The normalized spacial score (nSPS) is 17.0. The summed E-state index contributed by atoms with van der Waals surface area (Å²) in [5.41, 5.74) is 2.18. The van der Waals surface area contributed by atoms with E-state index in [4.69, 9.17) is 14.2 Å². The minimum atomic E-state index is -0.534. The average Bonchev–Trinajstić information content (AvgIpc) is 2.89. The fraction of sp³-hybridized carbons (Fsp3) is 0.190. The maximum Gasteiger partial charge on any atom is 0.363 e. The molecule has 2 aromatic carbocycles. The van der Waals surface area contributed by atoms with E-state index in [1.54, 1.807) is 30.3 Å². The summed E-state index contributed by atoms with van der Waals surface area (Å²) in [6.07, 6.45) is 2.43. The number of carbonyl (C=O) groups is 2. The van der Waals surface area contributed by atoms with Crippen LogP contribution in [0.3, 0.4) is 0 Å². The van der Waals surface area contributed by atoms with Crippen molar-refractivity contribution >= 4 is 29.5 Å². The molecule has 7 heteroatoms. The molecular weight excluding hydrogens is 360 g/mol. The van der Waals surface area contributed by atoms with Crippen LogP contribution < -0.4 is 14.8 Å². The molecule has 0 atom stereocenters. The average molecular weight is 378 g/mol. The van der Waals surface area contributed by atoms with E-state index >= 15 is 0 Å². The first-order valence-electron chi connectivity index (χ1n) is 8.89. The van der Waals surface area contributed by atoms with Gasteiger partial charge in [-0.25, -0.2) is 9.79 Å². The maximum atomic E-state index is 12.3. The molecule has 0 spiro atoms. The van der Waals surface area contributed by atoms with Crippen LogP contribution in [0, 0.1) is 0 Å². The number of esters is 1. The Bertz CT molecular complexity index is 992. The van der Waals surface area contributed by atoms with Gasteiger partial charge in [0.1, 0.15) is 0 Å². The molecule has 4 rings (SSSR count). The van der Waals surface area contributed by atoms with Crippen LogP contribution in [0.1, 0.15) is 24.5 Å². The predicted octanol–water partition coefficient (Wildman–Crippen LogP) is 3.15. The van der Waals surface area contributed by atoms with Crippen LogP contribution in [-0.4, -0.2) is 31.0 Å². The maximum absolute atomic E-state index is 12.3. The Balaban J connectivity index is 1.62. The molecule has 0 aromatic heterocycles. The quantitative estimate of drug-likeness (QED) is 0.655. The Labute approximate surface area is 161 Å². The number of fused-ring (bicyclic) bond motifs is 1. The van der Waals surface area contributed by atoms with Gasteiger partial charge in [-0.05, 0) is 36.4 Å². The number of hydrogen-bond donors (Lipinski definition) is 1. The lowest BCUT2D eigenvalue weighted by molar-refractivity contribution is -0.129. The number of anilines is 1. The number of benzene rings is 2. The van der Waals surface area contributed by atoms with Gasteiger partial charge in [0.15, 0.2) is 17.2 Å². The van der Waals surface area contributed by atoms with Crippen LogP contribution in [0.5, 0.6) is 11.5 Å². The summed E-state index contributed by atoms with van der Waals surface area (Å²) >= 11 is 0. The van der Waals surface area contributed by atoms with Crippen molar-refractivity contribution in [1.82, 2.24) is 0 Å². The zero-order chi connectivity index (χ0) is 19.5. The van der Waals surface area contributed by atoms with Crippen LogP contribution in [0.15, 0.2) is 53.2 Å². The largest absolute Gasteiger partial charge is 0.490 e. The number of carbonyl (C=O) groups excluding carboxylic acids is 2. The molecule has 0 bridgehead atoms. The third kappa shape index (κ3) is 3.73. The Morgan fingerprint density at radius 3 is 2.68 bits per heavy atom. The molecule has 28 heavy (non-hydrogen) atoms. The van der Waals surface area contributed by atoms with Gasteiger partial charge in [0.25, 0.3) is 0 Å². The van der Waals surface area contributed by atoms with Crippen molar-refractivity contribution < 1.29 is 23.8 Å². The van der Waals surface area contributed by atoms with E-state index in [0.29, 0.717) is 41.5 Å². The van der Waals surface area contributed by atoms with Crippen molar-refractivity contribution in [3.8, 4) is 11.5 Å². The number of aliphatic imine (C=N–C) groups is 1. The summed E-state index contributed by atoms with van der Waals surface area (Å²) in [5, 5.41) is 2.68. The number of ether oxygens (including phenoxy) is 3. The van der Waals surface area contributed by atoms with E-state index < -0.39 is 5.97 Å². The van der Waals surface area contributed by atoms with Gasteiger partial charge in [0.2, 0.25) is 11.8 Å². The summed E-state index contributed by atoms with van der Waals surface area (Å²) in [6.45, 7) is 2.57. The molecule has 0 aliphatic carbocycles. The van der Waals surface area contributed by atoms with Crippen molar-refractivity contribution in [3.63, 3.8) is 0 Å². The van der Waals surface area contributed by atoms with Crippen molar-refractivity contribution in [1.29, 1.82) is 0 Å². The zero-order valence-corrected chi connectivity index (χ0v) is 15.2. The fourth-order valence-corrected chi connectivity index (χ4v) is 2.91. The van der Waals surface area contributed by atoms with Crippen LogP contribution in [0.25, 0.3) is 6.08 Å². The Morgan fingerprint density at radius 1 is 1.11 bits per heavy atom. The summed E-state index contributed by atoms with van der Waals surface area (Å²) in [4.78, 5) is 27.7.